The SMILES string of the molecule is CC(C)Nc1cc(C=O)cc(Cl)n1. The molecule has 0 amide bonds. The molecule has 1 aromatic rings. The first-order chi connectivity index (χ1) is 6.11. The first-order valence-electron chi connectivity index (χ1n) is 4.01. The van der Waals surface area contributed by atoms with Crippen molar-refractivity contribution in [2.45, 2.75) is 19.9 Å². The molecule has 0 aromatic carbocycles. The van der Waals surface area contributed by atoms with E-state index in [-0.39, 0.29) is 6.04 Å². The lowest BCUT2D eigenvalue weighted by Crippen LogP contribution is -2.11. The third-order valence-corrected chi connectivity index (χ3v) is 1.58. The van der Waals surface area contributed by atoms with E-state index in [1.807, 2.05) is 13.8 Å². The van der Waals surface area contributed by atoms with Gasteiger partial charge in [0.05, 0.1) is 0 Å². The molecule has 4 heteroatoms. The third-order valence-electron chi connectivity index (χ3n) is 1.39. The zero-order chi connectivity index (χ0) is 9.84. The second kappa shape index (κ2) is 4.23. The van der Waals surface area contributed by atoms with E-state index in [1.165, 1.54) is 6.07 Å². The van der Waals surface area contributed by atoms with Gasteiger partial charge in [0.25, 0.3) is 0 Å². The highest BCUT2D eigenvalue weighted by molar-refractivity contribution is 6.29. The summed E-state index contributed by atoms with van der Waals surface area (Å²) in [6.45, 7) is 3.98. The average Bonchev–Trinajstić information content (AvgIpc) is 2.01. The van der Waals surface area contributed by atoms with Crippen molar-refractivity contribution >= 4 is 23.7 Å². The minimum atomic E-state index is 0.269. The maximum Gasteiger partial charge on any atom is 0.150 e. The molecule has 0 aliphatic rings. The quantitative estimate of drug-likeness (QED) is 0.599. The van der Waals surface area contributed by atoms with Crippen LogP contribution in [0.1, 0.15) is 24.2 Å². The van der Waals surface area contributed by atoms with Crippen LogP contribution in [0.15, 0.2) is 12.1 Å². The van der Waals surface area contributed by atoms with Gasteiger partial charge in [0.15, 0.2) is 0 Å². The number of nitrogens with zero attached hydrogens (tertiary/aromatic N) is 1. The van der Waals surface area contributed by atoms with Crippen LogP contribution >= 0.6 is 11.6 Å². The van der Waals surface area contributed by atoms with Crippen molar-refractivity contribution in [3.05, 3.63) is 22.8 Å². The number of hydrogen-bond acceptors (Lipinski definition) is 3. The number of carbonyl (C=O) groups is 1. The molecular formula is C9H11ClN2O. The summed E-state index contributed by atoms with van der Waals surface area (Å²) in [6.07, 6.45) is 0.749. The van der Waals surface area contributed by atoms with E-state index in [1.54, 1.807) is 6.07 Å². The van der Waals surface area contributed by atoms with Crippen molar-refractivity contribution in [2.24, 2.45) is 0 Å². The van der Waals surface area contributed by atoms with Crippen LogP contribution in [0.25, 0.3) is 0 Å². The number of anilines is 1. The highest BCUT2D eigenvalue weighted by atomic mass is 35.5. The molecule has 3 nitrogen and oxygen atoms in total. The van der Waals surface area contributed by atoms with Gasteiger partial charge in [-0.15, -0.1) is 0 Å². The molecule has 0 aliphatic heterocycles. The standard InChI is InChI=1S/C9H11ClN2O/c1-6(2)11-9-4-7(5-13)3-8(10)12-9/h3-6H,1-2H3,(H,11,12). The summed E-state index contributed by atoms with van der Waals surface area (Å²) in [5, 5.41) is 3.39. The Morgan fingerprint density at radius 3 is 2.77 bits per heavy atom. The van der Waals surface area contributed by atoms with E-state index in [2.05, 4.69) is 10.3 Å². The molecular weight excluding hydrogens is 188 g/mol. The number of pyridine rings is 1. The molecule has 0 bridgehead atoms. The Labute approximate surface area is 82.1 Å². The second-order valence-corrected chi connectivity index (χ2v) is 3.41. The molecule has 0 aliphatic carbocycles. The van der Waals surface area contributed by atoms with E-state index in [0.29, 0.717) is 16.5 Å². The predicted molar refractivity (Wildman–Crippen MR) is 53.4 cm³/mol. The maximum atomic E-state index is 10.5. The predicted octanol–water partition coefficient (Wildman–Crippen LogP) is 2.37. The van der Waals surface area contributed by atoms with Crippen LogP contribution in [0.5, 0.6) is 0 Å². The van der Waals surface area contributed by atoms with Crippen molar-refractivity contribution in [1.82, 2.24) is 4.98 Å². The summed E-state index contributed by atoms with van der Waals surface area (Å²) in [5.74, 6) is 0.629. The van der Waals surface area contributed by atoms with Gasteiger partial charge in [-0.25, -0.2) is 4.98 Å². The number of hydrogen-bond donors (Lipinski definition) is 1. The molecule has 1 N–H and O–H groups in total. The normalized spacial score (nSPS) is 10.2. The molecule has 13 heavy (non-hydrogen) atoms. The molecule has 0 saturated heterocycles. The topological polar surface area (TPSA) is 42.0 Å². The fourth-order valence-electron chi connectivity index (χ4n) is 0.954. The van der Waals surface area contributed by atoms with Gasteiger partial charge in [-0.05, 0) is 26.0 Å². The zero-order valence-electron chi connectivity index (χ0n) is 7.54. The van der Waals surface area contributed by atoms with Crippen molar-refractivity contribution in [1.29, 1.82) is 0 Å². The van der Waals surface area contributed by atoms with E-state index in [4.69, 9.17) is 11.6 Å². The van der Waals surface area contributed by atoms with Gasteiger partial charge in [-0.1, -0.05) is 11.6 Å². The monoisotopic (exact) mass is 198 g/mol. The number of rotatable bonds is 3. The first kappa shape index (κ1) is 9.99. The Bertz CT molecular complexity index is 312. The molecule has 1 heterocycles. The minimum absolute atomic E-state index is 0.269. The summed E-state index contributed by atoms with van der Waals surface area (Å²) < 4.78 is 0. The average molecular weight is 199 g/mol. The van der Waals surface area contributed by atoms with Gasteiger partial charge < -0.3 is 5.32 Å². The molecule has 0 unspecified atom stereocenters. The Morgan fingerprint density at radius 1 is 1.54 bits per heavy atom. The first-order valence-corrected chi connectivity index (χ1v) is 4.39. The Morgan fingerprint density at radius 2 is 2.23 bits per heavy atom. The third kappa shape index (κ3) is 3.03. The van der Waals surface area contributed by atoms with Crippen LogP contribution in [0, 0.1) is 0 Å². The summed E-state index contributed by atoms with van der Waals surface area (Å²) in [6, 6.07) is 3.46. The van der Waals surface area contributed by atoms with Gasteiger partial charge in [-0.2, -0.15) is 0 Å². The number of halogens is 1. The number of carbonyl (C=O) groups excluding carboxylic acids is 1. The fourth-order valence-corrected chi connectivity index (χ4v) is 1.17. The highest BCUT2D eigenvalue weighted by Gasteiger charge is 2.01. The van der Waals surface area contributed by atoms with Gasteiger partial charge >= 0.3 is 0 Å². The van der Waals surface area contributed by atoms with E-state index < -0.39 is 0 Å². The summed E-state index contributed by atoms with van der Waals surface area (Å²) in [5.41, 5.74) is 0.531. The number of aldehydes is 1. The van der Waals surface area contributed by atoms with Crippen LogP contribution in [0.3, 0.4) is 0 Å². The lowest BCUT2D eigenvalue weighted by Gasteiger charge is -2.09. The lowest BCUT2D eigenvalue weighted by atomic mass is 10.3. The van der Waals surface area contributed by atoms with Crippen molar-refractivity contribution in [2.75, 3.05) is 5.32 Å². The van der Waals surface area contributed by atoms with Crippen molar-refractivity contribution < 1.29 is 4.79 Å². The molecule has 0 saturated carbocycles. The molecule has 0 atom stereocenters. The van der Waals surface area contributed by atoms with Crippen molar-refractivity contribution in [3.63, 3.8) is 0 Å². The Hall–Kier alpha value is -1.09. The summed E-state index contributed by atoms with van der Waals surface area (Å²) in [7, 11) is 0. The van der Waals surface area contributed by atoms with Gasteiger partial charge in [0.2, 0.25) is 0 Å². The van der Waals surface area contributed by atoms with Crippen LogP contribution < -0.4 is 5.32 Å². The molecule has 1 aromatic heterocycles. The zero-order valence-corrected chi connectivity index (χ0v) is 8.30. The molecule has 0 spiro atoms. The van der Waals surface area contributed by atoms with E-state index >= 15 is 0 Å². The van der Waals surface area contributed by atoms with Gasteiger partial charge in [-0.3, -0.25) is 4.79 Å². The second-order valence-electron chi connectivity index (χ2n) is 3.03. The molecule has 1 rings (SSSR count). The van der Waals surface area contributed by atoms with Crippen LogP contribution in [-0.2, 0) is 0 Å². The highest BCUT2D eigenvalue weighted by Crippen LogP contribution is 2.13. The van der Waals surface area contributed by atoms with Crippen LogP contribution in [0.2, 0.25) is 5.15 Å². The largest absolute Gasteiger partial charge is 0.368 e. The Balaban J connectivity index is 2.94. The van der Waals surface area contributed by atoms with Crippen LogP contribution in [0.4, 0.5) is 5.82 Å². The maximum absolute atomic E-state index is 10.5. The van der Waals surface area contributed by atoms with E-state index in [0.717, 1.165) is 6.29 Å². The minimum Gasteiger partial charge on any atom is -0.368 e. The summed E-state index contributed by atoms with van der Waals surface area (Å²) >= 11 is 5.70. The number of nitrogens with one attached hydrogen (secondary N) is 1. The van der Waals surface area contributed by atoms with Gasteiger partial charge in [0.1, 0.15) is 17.3 Å². The lowest BCUT2D eigenvalue weighted by molar-refractivity contribution is 0.112. The van der Waals surface area contributed by atoms with E-state index in [9.17, 15) is 4.79 Å². The van der Waals surface area contributed by atoms with Crippen LogP contribution in [-0.4, -0.2) is 17.3 Å². The molecule has 0 radical (unpaired) electrons. The van der Waals surface area contributed by atoms with Gasteiger partial charge in [0, 0.05) is 11.6 Å². The molecule has 0 fully saturated rings. The molecule has 70 valence electrons. The van der Waals surface area contributed by atoms with Crippen molar-refractivity contribution in [3.8, 4) is 0 Å². The fraction of sp³-hybridized carbons (Fsp3) is 0.333. The Kier molecular flexibility index (Phi) is 3.25. The smallest absolute Gasteiger partial charge is 0.150 e. The summed E-state index contributed by atoms with van der Waals surface area (Å²) in [4.78, 5) is 14.5. The number of aromatic nitrogens is 1.